The van der Waals surface area contributed by atoms with Crippen LogP contribution in [0, 0.1) is 0 Å². The van der Waals surface area contributed by atoms with Crippen LogP contribution in [-0.2, 0) is 11.3 Å². The molecule has 0 unspecified atom stereocenters. The summed E-state index contributed by atoms with van der Waals surface area (Å²) in [6.07, 6.45) is 0.785. The molecule has 3 aromatic rings. The summed E-state index contributed by atoms with van der Waals surface area (Å²) in [7, 11) is 0. The van der Waals surface area contributed by atoms with Crippen molar-refractivity contribution < 1.29 is 9.59 Å². The van der Waals surface area contributed by atoms with Gasteiger partial charge in [0.2, 0.25) is 5.91 Å². The van der Waals surface area contributed by atoms with E-state index in [-0.39, 0.29) is 23.1 Å². The van der Waals surface area contributed by atoms with Gasteiger partial charge in [-0.1, -0.05) is 36.9 Å². The molecule has 1 N–H and O–H groups in total. The lowest BCUT2D eigenvalue weighted by molar-refractivity contribution is -0.113. The SMILES string of the molecule is CCCn1c(SCC(=O)Nc2cccc(C(=O)N(CC)CC)c2)nc2ccccc2c1=O. The summed E-state index contributed by atoms with van der Waals surface area (Å²) in [6.45, 7) is 7.65. The molecule has 2 aromatic carbocycles. The molecule has 0 atom stereocenters. The highest BCUT2D eigenvalue weighted by atomic mass is 32.2. The Labute approximate surface area is 191 Å². The van der Waals surface area contributed by atoms with Crippen molar-refractivity contribution in [2.75, 3.05) is 24.2 Å². The summed E-state index contributed by atoms with van der Waals surface area (Å²) in [4.78, 5) is 44.3. The number of hydrogen-bond acceptors (Lipinski definition) is 5. The first kappa shape index (κ1) is 23.5. The number of carbonyl (C=O) groups excluding carboxylic acids is 2. The normalized spacial score (nSPS) is 10.8. The molecular weight excluding hydrogens is 424 g/mol. The molecule has 0 spiro atoms. The Kier molecular flexibility index (Phi) is 8.05. The van der Waals surface area contributed by atoms with Crippen molar-refractivity contribution in [1.29, 1.82) is 0 Å². The third-order valence-corrected chi connectivity index (χ3v) is 6.03. The van der Waals surface area contributed by atoms with Gasteiger partial charge < -0.3 is 10.2 Å². The van der Waals surface area contributed by atoms with Crippen molar-refractivity contribution in [1.82, 2.24) is 14.5 Å². The van der Waals surface area contributed by atoms with Gasteiger partial charge in [-0.3, -0.25) is 19.0 Å². The number of fused-ring (bicyclic) bond motifs is 1. The van der Waals surface area contributed by atoms with Gasteiger partial charge >= 0.3 is 0 Å². The molecule has 0 saturated carbocycles. The van der Waals surface area contributed by atoms with Gasteiger partial charge in [-0.15, -0.1) is 0 Å². The van der Waals surface area contributed by atoms with E-state index in [1.165, 1.54) is 11.8 Å². The Bertz CT molecular complexity index is 1170. The number of para-hydroxylation sites is 1. The topological polar surface area (TPSA) is 84.3 Å². The maximum Gasteiger partial charge on any atom is 0.262 e. The van der Waals surface area contributed by atoms with Crippen LogP contribution in [0.1, 0.15) is 37.6 Å². The number of benzene rings is 2. The van der Waals surface area contributed by atoms with Gasteiger partial charge in [-0.05, 0) is 50.6 Å². The van der Waals surface area contributed by atoms with Crippen LogP contribution in [0.25, 0.3) is 10.9 Å². The van der Waals surface area contributed by atoms with Gasteiger partial charge in [0.15, 0.2) is 5.16 Å². The van der Waals surface area contributed by atoms with E-state index in [2.05, 4.69) is 10.3 Å². The first-order chi connectivity index (χ1) is 15.5. The van der Waals surface area contributed by atoms with Crippen molar-refractivity contribution in [3.8, 4) is 0 Å². The van der Waals surface area contributed by atoms with E-state index < -0.39 is 0 Å². The average Bonchev–Trinajstić information content (AvgIpc) is 2.80. The van der Waals surface area contributed by atoms with Crippen LogP contribution in [0.2, 0.25) is 0 Å². The molecule has 8 heteroatoms. The van der Waals surface area contributed by atoms with E-state index in [4.69, 9.17) is 0 Å². The summed E-state index contributed by atoms with van der Waals surface area (Å²) in [6, 6.07) is 14.2. The predicted molar refractivity (Wildman–Crippen MR) is 129 cm³/mol. The third kappa shape index (κ3) is 5.37. The molecule has 0 aliphatic carbocycles. The summed E-state index contributed by atoms with van der Waals surface area (Å²) in [5.41, 5.74) is 1.62. The van der Waals surface area contributed by atoms with Crippen molar-refractivity contribution in [3.63, 3.8) is 0 Å². The Hall–Kier alpha value is -3.13. The number of rotatable bonds is 9. The molecule has 32 heavy (non-hydrogen) atoms. The highest BCUT2D eigenvalue weighted by Gasteiger charge is 2.15. The van der Waals surface area contributed by atoms with E-state index in [9.17, 15) is 14.4 Å². The number of thioether (sulfide) groups is 1. The van der Waals surface area contributed by atoms with E-state index >= 15 is 0 Å². The van der Waals surface area contributed by atoms with Gasteiger partial charge in [0.05, 0.1) is 16.7 Å². The molecule has 0 aliphatic heterocycles. The molecule has 0 saturated heterocycles. The lowest BCUT2D eigenvalue weighted by Crippen LogP contribution is -2.30. The fourth-order valence-corrected chi connectivity index (χ4v) is 4.25. The van der Waals surface area contributed by atoms with Gasteiger partial charge in [-0.25, -0.2) is 4.98 Å². The van der Waals surface area contributed by atoms with Crippen LogP contribution < -0.4 is 10.9 Å². The minimum atomic E-state index is -0.229. The van der Waals surface area contributed by atoms with Crippen molar-refractivity contribution >= 4 is 40.2 Å². The molecule has 0 fully saturated rings. The van der Waals surface area contributed by atoms with Crippen LogP contribution in [0.4, 0.5) is 5.69 Å². The number of hydrogen-bond donors (Lipinski definition) is 1. The molecule has 3 rings (SSSR count). The molecule has 0 aliphatic rings. The minimum Gasteiger partial charge on any atom is -0.339 e. The highest BCUT2D eigenvalue weighted by Crippen LogP contribution is 2.19. The van der Waals surface area contributed by atoms with Crippen LogP contribution in [-0.4, -0.2) is 45.1 Å². The second-order valence-corrected chi connectivity index (χ2v) is 8.21. The summed E-state index contributed by atoms with van der Waals surface area (Å²) in [5, 5.41) is 3.94. The van der Waals surface area contributed by atoms with Crippen LogP contribution in [0.3, 0.4) is 0 Å². The fourth-order valence-electron chi connectivity index (χ4n) is 3.43. The summed E-state index contributed by atoms with van der Waals surface area (Å²) in [5.74, 6) is -0.194. The third-order valence-electron chi connectivity index (χ3n) is 5.05. The van der Waals surface area contributed by atoms with Crippen molar-refractivity contribution in [2.24, 2.45) is 0 Å². The van der Waals surface area contributed by atoms with E-state index in [0.29, 0.717) is 46.9 Å². The predicted octanol–water partition coefficient (Wildman–Crippen LogP) is 4.02. The lowest BCUT2D eigenvalue weighted by Gasteiger charge is -2.19. The Balaban J connectivity index is 1.74. The zero-order chi connectivity index (χ0) is 23.1. The number of nitrogens with one attached hydrogen (secondary N) is 1. The first-order valence-corrected chi connectivity index (χ1v) is 11.8. The van der Waals surface area contributed by atoms with E-state index in [0.717, 1.165) is 6.42 Å². The number of carbonyl (C=O) groups is 2. The van der Waals surface area contributed by atoms with Gasteiger partial charge in [0.1, 0.15) is 0 Å². The summed E-state index contributed by atoms with van der Waals surface area (Å²) >= 11 is 1.23. The molecule has 168 valence electrons. The molecule has 2 amide bonds. The molecular formula is C24H28N4O3S. The zero-order valence-corrected chi connectivity index (χ0v) is 19.4. The van der Waals surface area contributed by atoms with Gasteiger partial charge in [0.25, 0.3) is 11.5 Å². The van der Waals surface area contributed by atoms with Crippen LogP contribution in [0.15, 0.2) is 58.5 Å². The Morgan fingerprint density at radius 2 is 1.81 bits per heavy atom. The van der Waals surface area contributed by atoms with Crippen LogP contribution >= 0.6 is 11.8 Å². The summed E-state index contributed by atoms with van der Waals surface area (Å²) < 4.78 is 1.63. The van der Waals surface area contributed by atoms with E-state index in [1.807, 2.05) is 32.9 Å². The maximum atomic E-state index is 12.9. The maximum absolute atomic E-state index is 12.9. The second kappa shape index (κ2) is 10.9. The largest absolute Gasteiger partial charge is 0.339 e. The van der Waals surface area contributed by atoms with Crippen LogP contribution in [0.5, 0.6) is 0 Å². The number of aromatic nitrogens is 2. The zero-order valence-electron chi connectivity index (χ0n) is 18.6. The monoisotopic (exact) mass is 452 g/mol. The number of amides is 2. The molecule has 0 radical (unpaired) electrons. The standard InChI is InChI=1S/C24H28N4O3S/c1-4-14-28-23(31)19-12-7-8-13-20(19)26-24(28)32-16-21(29)25-18-11-9-10-17(15-18)22(30)27(5-2)6-3/h7-13,15H,4-6,14,16H2,1-3H3,(H,25,29). The highest BCUT2D eigenvalue weighted by molar-refractivity contribution is 7.99. The molecule has 1 aromatic heterocycles. The van der Waals surface area contributed by atoms with Gasteiger partial charge in [-0.2, -0.15) is 0 Å². The Morgan fingerprint density at radius 1 is 1.06 bits per heavy atom. The smallest absolute Gasteiger partial charge is 0.262 e. The van der Waals surface area contributed by atoms with Gasteiger partial charge in [0, 0.05) is 30.9 Å². The molecule has 0 bridgehead atoms. The number of anilines is 1. The lowest BCUT2D eigenvalue weighted by atomic mass is 10.1. The average molecular weight is 453 g/mol. The quantitative estimate of drug-likeness (QED) is 0.392. The fraction of sp³-hybridized carbons (Fsp3) is 0.333. The van der Waals surface area contributed by atoms with Crippen molar-refractivity contribution in [3.05, 3.63) is 64.4 Å². The minimum absolute atomic E-state index is 0.0654. The first-order valence-electron chi connectivity index (χ1n) is 10.8. The number of nitrogens with zero attached hydrogens (tertiary/aromatic N) is 3. The Morgan fingerprint density at radius 3 is 2.53 bits per heavy atom. The second-order valence-electron chi connectivity index (χ2n) is 7.26. The van der Waals surface area contributed by atoms with E-state index in [1.54, 1.807) is 45.9 Å². The molecule has 1 heterocycles. The molecule has 7 nitrogen and oxygen atoms in total. The van der Waals surface area contributed by atoms with Crippen molar-refractivity contribution in [2.45, 2.75) is 38.9 Å².